The van der Waals surface area contributed by atoms with Crippen molar-refractivity contribution in [3.8, 4) is 5.75 Å². The van der Waals surface area contributed by atoms with Crippen LogP contribution in [0.2, 0.25) is 0 Å². The SMILES string of the molecule is C=C.CC.CC.Cc1ccccc1.Oc1ccccc1. The Hall–Kier alpha value is -2.02. The summed E-state index contributed by atoms with van der Waals surface area (Å²) in [6, 6.07) is 19.0. The molecule has 20 heavy (non-hydrogen) atoms. The molecule has 1 nitrogen and oxygen atoms in total. The van der Waals surface area contributed by atoms with Gasteiger partial charge in [0.05, 0.1) is 0 Å². The number of phenolic OH excluding ortho intramolecular Hbond substituents is 1. The maximum Gasteiger partial charge on any atom is 0.115 e. The van der Waals surface area contributed by atoms with Crippen LogP contribution in [0.5, 0.6) is 5.75 Å². The Kier molecular flexibility index (Phi) is 25.6. The van der Waals surface area contributed by atoms with Crippen LogP contribution in [0, 0.1) is 6.92 Å². The fourth-order valence-corrected chi connectivity index (χ4v) is 0.962. The molecule has 0 aromatic heterocycles. The van der Waals surface area contributed by atoms with Crippen LogP contribution < -0.4 is 0 Å². The second-order valence-corrected chi connectivity index (χ2v) is 2.99. The molecule has 0 fully saturated rings. The van der Waals surface area contributed by atoms with Crippen LogP contribution in [0.25, 0.3) is 0 Å². The highest BCUT2D eigenvalue weighted by molar-refractivity contribution is 5.18. The van der Waals surface area contributed by atoms with Crippen molar-refractivity contribution in [3.05, 3.63) is 79.4 Å². The molecule has 112 valence electrons. The first kappa shape index (κ1) is 23.1. The van der Waals surface area contributed by atoms with Crippen molar-refractivity contribution in [1.82, 2.24) is 0 Å². The Morgan fingerprint density at radius 1 is 0.650 bits per heavy atom. The van der Waals surface area contributed by atoms with Crippen LogP contribution in [0.3, 0.4) is 0 Å². The Morgan fingerprint density at radius 3 is 1.10 bits per heavy atom. The number of hydrogen-bond donors (Lipinski definition) is 1. The summed E-state index contributed by atoms with van der Waals surface area (Å²) in [5.74, 6) is 0.322. The lowest BCUT2D eigenvalue weighted by atomic mass is 10.2. The Balaban J connectivity index is -0.000000211. The molecule has 0 heterocycles. The lowest BCUT2D eigenvalue weighted by molar-refractivity contribution is 0.475. The smallest absolute Gasteiger partial charge is 0.115 e. The lowest BCUT2D eigenvalue weighted by Crippen LogP contribution is -1.62. The van der Waals surface area contributed by atoms with Crippen molar-refractivity contribution in [2.75, 3.05) is 0 Å². The Labute approximate surface area is 125 Å². The van der Waals surface area contributed by atoms with Gasteiger partial charge in [-0.1, -0.05) is 81.8 Å². The molecule has 0 spiro atoms. The minimum absolute atomic E-state index is 0.322. The summed E-state index contributed by atoms with van der Waals surface area (Å²) in [5.41, 5.74) is 1.32. The number of aromatic hydroxyl groups is 1. The molecule has 0 amide bonds. The third kappa shape index (κ3) is 18.3. The fraction of sp³-hybridized carbons (Fsp3) is 0.263. The van der Waals surface area contributed by atoms with E-state index in [2.05, 4.69) is 32.2 Å². The topological polar surface area (TPSA) is 20.2 Å². The highest BCUT2D eigenvalue weighted by Gasteiger charge is 1.74. The van der Waals surface area contributed by atoms with Crippen molar-refractivity contribution in [3.63, 3.8) is 0 Å². The molecule has 0 atom stereocenters. The van der Waals surface area contributed by atoms with E-state index in [1.165, 1.54) is 5.56 Å². The van der Waals surface area contributed by atoms with E-state index in [-0.39, 0.29) is 0 Å². The molecular weight excluding hydrogens is 244 g/mol. The van der Waals surface area contributed by atoms with Crippen molar-refractivity contribution in [2.24, 2.45) is 0 Å². The summed E-state index contributed by atoms with van der Waals surface area (Å²) in [4.78, 5) is 0. The van der Waals surface area contributed by atoms with Gasteiger partial charge in [0.1, 0.15) is 5.75 Å². The molecule has 0 aliphatic heterocycles. The lowest BCUT2D eigenvalue weighted by Gasteiger charge is -1.82. The summed E-state index contributed by atoms with van der Waals surface area (Å²) in [6.07, 6.45) is 0. The number of hydrogen-bond acceptors (Lipinski definition) is 1. The van der Waals surface area contributed by atoms with Gasteiger partial charge < -0.3 is 5.11 Å². The molecule has 0 bridgehead atoms. The van der Waals surface area contributed by atoms with E-state index in [4.69, 9.17) is 5.11 Å². The number of rotatable bonds is 0. The monoisotopic (exact) mass is 274 g/mol. The standard InChI is InChI=1S/C7H8.C6H6O.2C2H6.C2H4/c1-7-5-3-2-4-6-7;7-6-4-2-1-3-5-6;3*1-2/h2-6H,1H3;1-5,7H;2*1-2H3;1-2H2. The zero-order valence-electron chi connectivity index (χ0n) is 13.6. The van der Waals surface area contributed by atoms with Crippen molar-refractivity contribution >= 4 is 0 Å². The second-order valence-electron chi connectivity index (χ2n) is 2.99. The largest absolute Gasteiger partial charge is 0.508 e. The van der Waals surface area contributed by atoms with Crippen LogP contribution >= 0.6 is 0 Å². The highest BCUT2D eigenvalue weighted by atomic mass is 16.3. The second kappa shape index (κ2) is 22.2. The molecule has 0 aliphatic rings. The fourth-order valence-electron chi connectivity index (χ4n) is 0.962. The molecule has 0 saturated carbocycles. The van der Waals surface area contributed by atoms with Gasteiger partial charge in [-0.25, -0.2) is 0 Å². The van der Waals surface area contributed by atoms with Crippen LogP contribution in [0.1, 0.15) is 33.3 Å². The van der Waals surface area contributed by atoms with Gasteiger partial charge in [0.2, 0.25) is 0 Å². The average Bonchev–Trinajstić information content (AvgIpc) is 2.55. The van der Waals surface area contributed by atoms with E-state index in [9.17, 15) is 0 Å². The van der Waals surface area contributed by atoms with E-state index in [0.29, 0.717) is 5.75 Å². The summed E-state index contributed by atoms with van der Waals surface area (Å²) in [5, 5.41) is 8.63. The molecule has 1 heteroatoms. The quantitative estimate of drug-likeness (QED) is 0.563. The minimum atomic E-state index is 0.322. The number of aryl methyl sites for hydroxylation is 1. The van der Waals surface area contributed by atoms with Gasteiger partial charge in [0.25, 0.3) is 0 Å². The van der Waals surface area contributed by atoms with E-state index < -0.39 is 0 Å². The maximum atomic E-state index is 8.63. The normalized spacial score (nSPS) is 6.85. The van der Waals surface area contributed by atoms with E-state index in [1.54, 1.807) is 24.3 Å². The van der Waals surface area contributed by atoms with Gasteiger partial charge in [-0.2, -0.15) is 0 Å². The predicted octanol–water partition coefficient (Wildman–Crippen LogP) is 6.24. The third-order valence-electron chi connectivity index (χ3n) is 1.70. The minimum Gasteiger partial charge on any atom is -0.508 e. The molecule has 0 unspecified atom stereocenters. The van der Waals surface area contributed by atoms with Gasteiger partial charge in [0, 0.05) is 0 Å². The first-order chi connectivity index (χ1) is 9.79. The van der Waals surface area contributed by atoms with E-state index in [1.807, 2.05) is 52.0 Å². The molecule has 0 radical (unpaired) electrons. The summed E-state index contributed by atoms with van der Waals surface area (Å²) >= 11 is 0. The van der Waals surface area contributed by atoms with Crippen LogP contribution in [-0.4, -0.2) is 5.11 Å². The first-order valence-corrected chi connectivity index (χ1v) is 7.04. The molecule has 1 N–H and O–H groups in total. The van der Waals surface area contributed by atoms with Gasteiger partial charge in [-0.15, -0.1) is 13.2 Å². The molecule has 0 saturated heterocycles. The third-order valence-corrected chi connectivity index (χ3v) is 1.70. The number of phenols is 1. The molecule has 2 aromatic carbocycles. The van der Waals surface area contributed by atoms with Gasteiger partial charge in [-0.05, 0) is 19.1 Å². The van der Waals surface area contributed by atoms with Crippen LogP contribution in [0.15, 0.2) is 73.8 Å². The van der Waals surface area contributed by atoms with Crippen LogP contribution in [0.4, 0.5) is 0 Å². The maximum absolute atomic E-state index is 8.63. The molecule has 0 aliphatic carbocycles. The predicted molar refractivity (Wildman–Crippen MR) is 93.2 cm³/mol. The Morgan fingerprint density at radius 2 is 0.950 bits per heavy atom. The first-order valence-electron chi connectivity index (χ1n) is 7.04. The zero-order chi connectivity index (χ0) is 16.2. The van der Waals surface area contributed by atoms with Gasteiger partial charge in [0.15, 0.2) is 0 Å². The average molecular weight is 274 g/mol. The number of para-hydroxylation sites is 1. The van der Waals surface area contributed by atoms with Gasteiger partial charge in [-0.3, -0.25) is 0 Å². The zero-order valence-corrected chi connectivity index (χ0v) is 13.6. The van der Waals surface area contributed by atoms with Crippen LogP contribution in [-0.2, 0) is 0 Å². The number of benzene rings is 2. The molecule has 2 aromatic rings. The van der Waals surface area contributed by atoms with Crippen molar-refractivity contribution < 1.29 is 5.11 Å². The molecule has 2 rings (SSSR count). The molecular formula is C19H30O. The summed E-state index contributed by atoms with van der Waals surface area (Å²) in [6.45, 7) is 16.1. The van der Waals surface area contributed by atoms with Crippen molar-refractivity contribution in [1.29, 1.82) is 0 Å². The Bertz CT molecular complexity index is 317. The van der Waals surface area contributed by atoms with Gasteiger partial charge >= 0.3 is 0 Å². The van der Waals surface area contributed by atoms with E-state index >= 15 is 0 Å². The highest BCUT2D eigenvalue weighted by Crippen LogP contribution is 2.02. The van der Waals surface area contributed by atoms with Crippen molar-refractivity contribution in [2.45, 2.75) is 34.6 Å². The van der Waals surface area contributed by atoms with E-state index in [0.717, 1.165) is 0 Å². The summed E-state index contributed by atoms with van der Waals surface area (Å²) in [7, 11) is 0. The summed E-state index contributed by atoms with van der Waals surface area (Å²) < 4.78 is 0.